The molecule has 0 aliphatic carbocycles. The van der Waals surface area contributed by atoms with Crippen LogP contribution in [-0.4, -0.2) is 46.2 Å². The summed E-state index contributed by atoms with van der Waals surface area (Å²) in [5, 5.41) is 3.32. The Bertz CT molecular complexity index is 1570. The Labute approximate surface area is 227 Å². The summed E-state index contributed by atoms with van der Waals surface area (Å²) in [6.07, 6.45) is 1.65. The van der Waals surface area contributed by atoms with Crippen LogP contribution in [-0.2, 0) is 14.3 Å². The monoisotopic (exact) mass is 546 g/mol. The van der Waals surface area contributed by atoms with Crippen molar-refractivity contribution in [3.05, 3.63) is 82.5 Å². The first-order valence-electron chi connectivity index (χ1n) is 11.9. The van der Waals surface area contributed by atoms with Crippen LogP contribution in [0.5, 0.6) is 0 Å². The zero-order valence-corrected chi connectivity index (χ0v) is 22.0. The Morgan fingerprint density at radius 3 is 2.59 bits per heavy atom. The minimum absolute atomic E-state index is 0.0593. The van der Waals surface area contributed by atoms with Crippen molar-refractivity contribution < 1.29 is 23.9 Å². The number of esters is 1. The first-order chi connectivity index (χ1) is 18.7. The number of pyridine rings is 1. The van der Waals surface area contributed by atoms with Gasteiger partial charge in [0, 0.05) is 17.3 Å². The molecule has 0 spiro atoms. The number of hydrogen-bond acceptors (Lipinski definition) is 9. The van der Waals surface area contributed by atoms with Crippen molar-refractivity contribution in [1.82, 2.24) is 14.7 Å². The summed E-state index contributed by atoms with van der Waals surface area (Å²) in [6, 6.07) is 14.5. The van der Waals surface area contributed by atoms with E-state index in [0.717, 1.165) is 10.9 Å². The molecule has 12 heteroatoms. The molecule has 2 aromatic carbocycles. The van der Waals surface area contributed by atoms with E-state index < -0.39 is 36.3 Å². The highest BCUT2D eigenvalue weighted by Crippen LogP contribution is 2.34. The van der Waals surface area contributed by atoms with Crippen LogP contribution in [0.1, 0.15) is 44.3 Å². The molecule has 0 saturated carbocycles. The summed E-state index contributed by atoms with van der Waals surface area (Å²) < 4.78 is 8.90. The van der Waals surface area contributed by atoms with Gasteiger partial charge in [-0.2, -0.15) is 4.37 Å². The highest BCUT2D eigenvalue weighted by molar-refractivity contribution is 7.09. The number of aryl methyl sites for hydroxylation is 1. The molecule has 0 saturated heterocycles. The standard InChI is InChI=1S/C27H26N6O5S/c1-3-38-20(34)14-31-26(36)23(17-9-10-19-16(13-17)7-5-11-30-19)33(18-8-4-6-15(2)12-18)27(37)24-21(28)22(25(29)35)32-39-24/h4-13,23H,3,14,28H2,1-2H3,(H2,29,35)(H,31,36)/t23-/m1/s1. The van der Waals surface area contributed by atoms with Gasteiger partial charge in [0.2, 0.25) is 5.91 Å². The van der Waals surface area contributed by atoms with Crippen molar-refractivity contribution in [1.29, 1.82) is 0 Å². The van der Waals surface area contributed by atoms with E-state index in [1.54, 1.807) is 55.6 Å². The predicted octanol–water partition coefficient (Wildman–Crippen LogP) is 2.75. The first kappa shape index (κ1) is 27.2. The largest absolute Gasteiger partial charge is 0.465 e. The molecule has 200 valence electrons. The van der Waals surface area contributed by atoms with Crippen molar-refractivity contribution in [3.63, 3.8) is 0 Å². The van der Waals surface area contributed by atoms with Crippen molar-refractivity contribution in [2.24, 2.45) is 5.73 Å². The molecule has 3 amide bonds. The van der Waals surface area contributed by atoms with Crippen LogP contribution >= 0.6 is 11.5 Å². The second-order valence-electron chi connectivity index (χ2n) is 8.53. The van der Waals surface area contributed by atoms with E-state index in [4.69, 9.17) is 16.2 Å². The molecule has 39 heavy (non-hydrogen) atoms. The quantitative estimate of drug-likeness (QED) is 0.269. The number of nitrogens with one attached hydrogen (secondary N) is 1. The lowest BCUT2D eigenvalue weighted by molar-refractivity contribution is -0.143. The SMILES string of the molecule is CCOC(=O)CNC(=O)[C@@H](c1ccc2ncccc2c1)N(C(=O)c1snc(C(N)=O)c1N)c1cccc(C)c1. The molecule has 0 radical (unpaired) electrons. The number of benzene rings is 2. The highest BCUT2D eigenvalue weighted by atomic mass is 32.1. The molecular weight excluding hydrogens is 520 g/mol. The third kappa shape index (κ3) is 5.85. The number of nitrogen functional groups attached to an aromatic ring is 1. The molecule has 2 aromatic heterocycles. The number of primary amides is 1. The normalized spacial score (nSPS) is 11.5. The number of rotatable bonds is 9. The van der Waals surface area contributed by atoms with Gasteiger partial charge in [-0.25, -0.2) is 0 Å². The van der Waals surface area contributed by atoms with Gasteiger partial charge in [-0.15, -0.1) is 0 Å². The number of hydrogen-bond donors (Lipinski definition) is 3. The fourth-order valence-corrected chi connectivity index (χ4v) is 4.79. The number of anilines is 2. The molecule has 5 N–H and O–H groups in total. The average molecular weight is 547 g/mol. The molecule has 2 heterocycles. The Morgan fingerprint density at radius 2 is 1.90 bits per heavy atom. The third-order valence-electron chi connectivity index (χ3n) is 5.82. The zero-order valence-electron chi connectivity index (χ0n) is 21.2. The lowest BCUT2D eigenvalue weighted by Crippen LogP contribution is -2.45. The second kappa shape index (κ2) is 11.7. The van der Waals surface area contributed by atoms with E-state index in [9.17, 15) is 19.2 Å². The molecule has 0 aliphatic heterocycles. The van der Waals surface area contributed by atoms with E-state index in [-0.39, 0.29) is 22.9 Å². The van der Waals surface area contributed by atoms with E-state index in [2.05, 4.69) is 14.7 Å². The minimum atomic E-state index is -1.25. The van der Waals surface area contributed by atoms with E-state index in [0.29, 0.717) is 28.3 Å². The topological polar surface area (TPSA) is 171 Å². The van der Waals surface area contributed by atoms with Gasteiger partial charge in [0.05, 0.1) is 17.8 Å². The average Bonchev–Trinajstić information content (AvgIpc) is 3.31. The van der Waals surface area contributed by atoms with Crippen molar-refractivity contribution in [2.45, 2.75) is 19.9 Å². The number of ether oxygens (including phenoxy) is 1. The lowest BCUT2D eigenvalue weighted by atomic mass is 10.00. The molecule has 0 aliphatic rings. The summed E-state index contributed by atoms with van der Waals surface area (Å²) in [6.45, 7) is 3.25. The van der Waals surface area contributed by atoms with Gasteiger partial charge in [-0.1, -0.05) is 24.3 Å². The van der Waals surface area contributed by atoms with Gasteiger partial charge in [0.15, 0.2) is 5.69 Å². The van der Waals surface area contributed by atoms with Crippen LogP contribution in [0.25, 0.3) is 10.9 Å². The van der Waals surface area contributed by atoms with Crippen LogP contribution in [0, 0.1) is 6.92 Å². The maximum atomic E-state index is 14.1. The van der Waals surface area contributed by atoms with Crippen LogP contribution in [0.15, 0.2) is 60.8 Å². The minimum Gasteiger partial charge on any atom is -0.465 e. The van der Waals surface area contributed by atoms with Gasteiger partial charge < -0.3 is 21.5 Å². The number of amides is 3. The Balaban J connectivity index is 1.89. The van der Waals surface area contributed by atoms with Crippen molar-refractivity contribution >= 4 is 57.5 Å². The molecule has 11 nitrogen and oxygen atoms in total. The van der Waals surface area contributed by atoms with E-state index >= 15 is 0 Å². The summed E-state index contributed by atoms with van der Waals surface area (Å²) in [5.41, 5.74) is 13.4. The molecule has 0 bridgehead atoms. The van der Waals surface area contributed by atoms with Gasteiger partial charge in [0.25, 0.3) is 11.8 Å². The van der Waals surface area contributed by atoms with Gasteiger partial charge in [-0.05, 0) is 66.8 Å². The van der Waals surface area contributed by atoms with E-state index in [1.165, 1.54) is 4.90 Å². The molecule has 1 atom stereocenters. The lowest BCUT2D eigenvalue weighted by Gasteiger charge is -2.31. The summed E-state index contributed by atoms with van der Waals surface area (Å²) in [5.74, 6) is -2.82. The number of nitrogens with two attached hydrogens (primary N) is 2. The van der Waals surface area contributed by atoms with Gasteiger partial charge in [-0.3, -0.25) is 29.1 Å². The number of carbonyl (C=O) groups is 4. The fourth-order valence-electron chi connectivity index (χ4n) is 4.05. The van der Waals surface area contributed by atoms with Crippen LogP contribution in [0.3, 0.4) is 0 Å². The highest BCUT2D eigenvalue weighted by Gasteiger charge is 2.36. The molecule has 0 unspecified atom stereocenters. The van der Waals surface area contributed by atoms with Gasteiger partial charge >= 0.3 is 5.97 Å². The number of fused-ring (bicyclic) bond motifs is 1. The number of carbonyl (C=O) groups excluding carboxylic acids is 4. The second-order valence-corrected chi connectivity index (χ2v) is 9.31. The first-order valence-corrected chi connectivity index (χ1v) is 12.7. The maximum Gasteiger partial charge on any atom is 0.325 e. The summed E-state index contributed by atoms with van der Waals surface area (Å²) >= 11 is 0.709. The van der Waals surface area contributed by atoms with E-state index in [1.807, 2.05) is 19.1 Å². The van der Waals surface area contributed by atoms with Crippen molar-refractivity contribution in [2.75, 3.05) is 23.8 Å². The molecular formula is C27H26N6O5S. The fraction of sp³-hybridized carbons (Fsp3) is 0.185. The van der Waals surface area contributed by atoms with Crippen LogP contribution < -0.4 is 21.7 Å². The van der Waals surface area contributed by atoms with Crippen LogP contribution in [0.2, 0.25) is 0 Å². The molecule has 0 fully saturated rings. The Kier molecular flexibility index (Phi) is 8.15. The Hall–Kier alpha value is -4.84. The Morgan fingerprint density at radius 1 is 1.10 bits per heavy atom. The summed E-state index contributed by atoms with van der Waals surface area (Å²) in [4.78, 5) is 57.2. The molecule has 4 aromatic rings. The third-order valence-corrected chi connectivity index (χ3v) is 6.67. The number of aromatic nitrogens is 2. The summed E-state index contributed by atoms with van der Waals surface area (Å²) in [7, 11) is 0. The smallest absolute Gasteiger partial charge is 0.325 e. The predicted molar refractivity (Wildman–Crippen MR) is 147 cm³/mol. The van der Waals surface area contributed by atoms with Crippen molar-refractivity contribution in [3.8, 4) is 0 Å². The maximum absolute atomic E-state index is 14.1. The molecule has 4 rings (SSSR count). The van der Waals surface area contributed by atoms with Gasteiger partial charge in [0.1, 0.15) is 17.5 Å². The zero-order chi connectivity index (χ0) is 28.1. The van der Waals surface area contributed by atoms with Crippen LogP contribution in [0.4, 0.5) is 11.4 Å². The number of nitrogens with zero attached hydrogens (tertiary/aromatic N) is 3.